The summed E-state index contributed by atoms with van der Waals surface area (Å²) < 4.78 is 13.6. The SMILES string of the molecule is Cc1cc(C)cc(NC(=O)c2ccnc(NCCc3ccccc3F)n2)c1. The molecule has 0 aliphatic rings. The minimum absolute atomic E-state index is 0.234. The predicted molar refractivity (Wildman–Crippen MR) is 104 cm³/mol. The number of benzene rings is 2. The maximum Gasteiger partial charge on any atom is 0.274 e. The highest BCUT2D eigenvalue weighted by Crippen LogP contribution is 2.15. The third kappa shape index (κ3) is 5.10. The molecule has 0 atom stereocenters. The van der Waals surface area contributed by atoms with Gasteiger partial charge in [-0.2, -0.15) is 0 Å². The van der Waals surface area contributed by atoms with E-state index in [4.69, 9.17) is 0 Å². The van der Waals surface area contributed by atoms with E-state index < -0.39 is 0 Å². The lowest BCUT2D eigenvalue weighted by Crippen LogP contribution is -2.16. The van der Waals surface area contributed by atoms with Crippen LogP contribution in [0.2, 0.25) is 0 Å². The molecule has 6 heteroatoms. The third-order valence-corrected chi connectivity index (χ3v) is 4.00. The lowest BCUT2D eigenvalue weighted by atomic mass is 10.1. The molecule has 27 heavy (non-hydrogen) atoms. The maximum atomic E-state index is 13.6. The second kappa shape index (κ2) is 8.40. The van der Waals surface area contributed by atoms with Crippen LogP contribution in [0.15, 0.2) is 54.7 Å². The molecule has 2 aromatic carbocycles. The zero-order valence-electron chi connectivity index (χ0n) is 15.3. The number of anilines is 2. The molecule has 0 fully saturated rings. The molecular formula is C21H21FN4O. The van der Waals surface area contributed by atoms with Crippen molar-refractivity contribution in [2.24, 2.45) is 0 Å². The first-order chi connectivity index (χ1) is 13.0. The zero-order valence-corrected chi connectivity index (χ0v) is 15.3. The molecule has 0 aliphatic carbocycles. The van der Waals surface area contributed by atoms with Gasteiger partial charge in [0.1, 0.15) is 11.5 Å². The van der Waals surface area contributed by atoms with Gasteiger partial charge in [-0.05, 0) is 61.2 Å². The number of rotatable bonds is 6. The summed E-state index contributed by atoms with van der Waals surface area (Å²) in [6, 6.07) is 14.0. The number of halogens is 1. The fourth-order valence-corrected chi connectivity index (χ4v) is 2.82. The van der Waals surface area contributed by atoms with Crippen LogP contribution in [0.5, 0.6) is 0 Å². The highest BCUT2D eigenvalue weighted by Gasteiger charge is 2.10. The van der Waals surface area contributed by atoms with Gasteiger partial charge in [0.2, 0.25) is 5.95 Å². The smallest absolute Gasteiger partial charge is 0.274 e. The van der Waals surface area contributed by atoms with E-state index >= 15 is 0 Å². The highest BCUT2D eigenvalue weighted by molar-refractivity contribution is 6.03. The zero-order chi connectivity index (χ0) is 19.2. The molecule has 0 radical (unpaired) electrons. The molecular weight excluding hydrogens is 343 g/mol. The number of aryl methyl sites for hydroxylation is 2. The molecule has 1 amide bonds. The van der Waals surface area contributed by atoms with Gasteiger partial charge < -0.3 is 10.6 Å². The van der Waals surface area contributed by atoms with Gasteiger partial charge in [-0.1, -0.05) is 24.3 Å². The van der Waals surface area contributed by atoms with Crippen LogP contribution in [0.1, 0.15) is 27.2 Å². The Labute approximate surface area is 157 Å². The second-order valence-corrected chi connectivity index (χ2v) is 6.36. The maximum absolute atomic E-state index is 13.6. The molecule has 1 aromatic heterocycles. The largest absolute Gasteiger partial charge is 0.354 e. The number of carbonyl (C=O) groups is 1. The van der Waals surface area contributed by atoms with E-state index in [0.717, 1.165) is 16.8 Å². The topological polar surface area (TPSA) is 66.9 Å². The van der Waals surface area contributed by atoms with E-state index in [-0.39, 0.29) is 17.4 Å². The molecule has 0 saturated carbocycles. The fourth-order valence-electron chi connectivity index (χ4n) is 2.82. The Morgan fingerprint density at radius 3 is 2.56 bits per heavy atom. The van der Waals surface area contributed by atoms with E-state index in [9.17, 15) is 9.18 Å². The summed E-state index contributed by atoms with van der Waals surface area (Å²) in [5.41, 5.74) is 3.75. The number of amides is 1. The number of hydrogen-bond acceptors (Lipinski definition) is 4. The summed E-state index contributed by atoms with van der Waals surface area (Å²) in [5.74, 6) is -0.208. The Kier molecular flexibility index (Phi) is 5.76. The van der Waals surface area contributed by atoms with E-state index in [0.29, 0.717) is 24.5 Å². The molecule has 0 bridgehead atoms. The van der Waals surface area contributed by atoms with Crippen molar-refractivity contribution in [2.45, 2.75) is 20.3 Å². The monoisotopic (exact) mass is 364 g/mol. The molecule has 0 aliphatic heterocycles. The Morgan fingerprint density at radius 1 is 1.07 bits per heavy atom. The third-order valence-electron chi connectivity index (χ3n) is 4.00. The summed E-state index contributed by atoms with van der Waals surface area (Å²) >= 11 is 0. The van der Waals surface area contributed by atoms with Crippen molar-refractivity contribution >= 4 is 17.5 Å². The summed E-state index contributed by atoms with van der Waals surface area (Å²) in [7, 11) is 0. The van der Waals surface area contributed by atoms with Crippen LogP contribution >= 0.6 is 0 Å². The Morgan fingerprint density at radius 2 is 1.81 bits per heavy atom. The molecule has 0 saturated heterocycles. The molecule has 2 N–H and O–H groups in total. The number of nitrogens with zero attached hydrogens (tertiary/aromatic N) is 2. The number of nitrogens with one attached hydrogen (secondary N) is 2. The fraction of sp³-hybridized carbons (Fsp3) is 0.190. The lowest BCUT2D eigenvalue weighted by molar-refractivity contribution is 0.102. The van der Waals surface area contributed by atoms with Gasteiger partial charge in [0.15, 0.2) is 0 Å². The molecule has 0 unspecified atom stereocenters. The Hall–Kier alpha value is -3.28. The normalized spacial score (nSPS) is 10.5. The van der Waals surface area contributed by atoms with Crippen LogP contribution in [0.4, 0.5) is 16.0 Å². The highest BCUT2D eigenvalue weighted by atomic mass is 19.1. The molecule has 3 aromatic rings. The van der Waals surface area contributed by atoms with Crippen LogP contribution in [-0.4, -0.2) is 22.4 Å². The first-order valence-corrected chi connectivity index (χ1v) is 8.71. The van der Waals surface area contributed by atoms with Gasteiger partial charge in [0.25, 0.3) is 5.91 Å². The average molecular weight is 364 g/mol. The second-order valence-electron chi connectivity index (χ2n) is 6.36. The number of aromatic nitrogens is 2. The first-order valence-electron chi connectivity index (χ1n) is 8.71. The van der Waals surface area contributed by atoms with Crippen molar-refractivity contribution < 1.29 is 9.18 Å². The van der Waals surface area contributed by atoms with Crippen molar-refractivity contribution in [3.8, 4) is 0 Å². The minimum atomic E-state index is -0.306. The van der Waals surface area contributed by atoms with Crippen molar-refractivity contribution in [3.63, 3.8) is 0 Å². The van der Waals surface area contributed by atoms with Gasteiger partial charge in [-0.15, -0.1) is 0 Å². The molecule has 0 spiro atoms. The standard InChI is InChI=1S/C21H21FN4O/c1-14-11-15(2)13-17(12-14)25-20(27)19-8-10-24-21(26-19)23-9-7-16-5-3-4-6-18(16)22/h3-6,8,10-13H,7,9H2,1-2H3,(H,25,27)(H,23,24,26). The first kappa shape index (κ1) is 18.5. The molecule has 3 rings (SSSR count). The molecule has 138 valence electrons. The molecule has 1 heterocycles. The Balaban J connectivity index is 1.62. The average Bonchev–Trinajstić information content (AvgIpc) is 2.63. The van der Waals surface area contributed by atoms with Gasteiger partial charge in [0, 0.05) is 18.4 Å². The van der Waals surface area contributed by atoms with Gasteiger partial charge in [-0.25, -0.2) is 14.4 Å². The van der Waals surface area contributed by atoms with Crippen molar-refractivity contribution in [1.29, 1.82) is 0 Å². The Bertz CT molecular complexity index is 938. The number of carbonyl (C=O) groups excluding carboxylic acids is 1. The lowest BCUT2D eigenvalue weighted by Gasteiger charge is -2.09. The summed E-state index contributed by atoms with van der Waals surface area (Å²) in [6.45, 7) is 4.42. The van der Waals surface area contributed by atoms with E-state index in [2.05, 4.69) is 20.6 Å². The minimum Gasteiger partial charge on any atom is -0.354 e. The predicted octanol–water partition coefficient (Wildman–Crippen LogP) is 4.14. The summed E-state index contributed by atoms with van der Waals surface area (Å²) in [4.78, 5) is 20.8. The van der Waals surface area contributed by atoms with Crippen LogP contribution in [0.3, 0.4) is 0 Å². The summed E-state index contributed by atoms with van der Waals surface area (Å²) in [5, 5.41) is 5.88. The van der Waals surface area contributed by atoms with Crippen LogP contribution in [-0.2, 0) is 6.42 Å². The van der Waals surface area contributed by atoms with Gasteiger partial charge >= 0.3 is 0 Å². The van der Waals surface area contributed by atoms with E-state index in [1.54, 1.807) is 24.3 Å². The van der Waals surface area contributed by atoms with E-state index in [1.807, 2.05) is 32.0 Å². The van der Waals surface area contributed by atoms with Crippen molar-refractivity contribution in [2.75, 3.05) is 17.2 Å². The quantitative estimate of drug-likeness (QED) is 0.690. The van der Waals surface area contributed by atoms with Gasteiger partial charge in [0.05, 0.1) is 0 Å². The molecule has 5 nitrogen and oxygen atoms in total. The van der Waals surface area contributed by atoms with Gasteiger partial charge in [-0.3, -0.25) is 4.79 Å². The number of hydrogen-bond donors (Lipinski definition) is 2. The van der Waals surface area contributed by atoms with Crippen molar-refractivity contribution in [3.05, 3.63) is 82.9 Å². The van der Waals surface area contributed by atoms with Crippen LogP contribution in [0.25, 0.3) is 0 Å². The van der Waals surface area contributed by atoms with Crippen molar-refractivity contribution in [1.82, 2.24) is 9.97 Å². The van der Waals surface area contributed by atoms with Crippen LogP contribution < -0.4 is 10.6 Å². The van der Waals surface area contributed by atoms with Crippen LogP contribution in [0, 0.1) is 19.7 Å². The summed E-state index contributed by atoms with van der Waals surface area (Å²) in [6.07, 6.45) is 2.02. The van der Waals surface area contributed by atoms with E-state index in [1.165, 1.54) is 12.3 Å².